The monoisotopic (exact) mass is 209 g/mol. The van der Waals surface area contributed by atoms with E-state index in [-0.39, 0.29) is 0 Å². The maximum absolute atomic E-state index is 10.6. The van der Waals surface area contributed by atoms with Crippen LogP contribution in [0.25, 0.3) is 12.2 Å². The minimum Gasteiger partial charge on any atom is -0.145 e. The first-order valence-corrected chi connectivity index (χ1v) is 5.05. The van der Waals surface area contributed by atoms with Crippen LogP contribution in [0, 0.1) is 4.91 Å². The topological polar surface area (TPSA) is 29.4 Å². The van der Waals surface area contributed by atoms with Crippen molar-refractivity contribution in [3.05, 3.63) is 70.6 Å². The molecule has 0 unspecified atom stereocenters. The molecule has 0 aromatic heterocycles. The van der Waals surface area contributed by atoms with E-state index in [1.807, 2.05) is 54.6 Å². The molecule has 2 aromatic rings. The molecule has 2 nitrogen and oxygen atoms in total. The standard InChI is InChI=1S/C14H11NO/c16-15-14-9-5-4-8-13(14)11-10-12-6-2-1-3-7-12/h1-11H/b11-10+. The summed E-state index contributed by atoms with van der Waals surface area (Å²) in [7, 11) is 0. The van der Waals surface area contributed by atoms with E-state index in [1.165, 1.54) is 0 Å². The van der Waals surface area contributed by atoms with Gasteiger partial charge in [-0.15, -0.1) is 4.91 Å². The summed E-state index contributed by atoms with van der Waals surface area (Å²) >= 11 is 0. The Morgan fingerprint density at radius 3 is 2.25 bits per heavy atom. The largest absolute Gasteiger partial charge is 0.145 e. The highest BCUT2D eigenvalue weighted by molar-refractivity contribution is 5.75. The summed E-state index contributed by atoms with van der Waals surface area (Å²) in [6, 6.07) is 17.2. The third-order valence-corrected chi connectivity index (χ3v) is 2.29. The van der Waals surface area contributed by atoms with Gasteiger partial charge in [0.15, 0.2) is 0 Å². The molecular formula is C14H11NO. The predicted octanol–water partition coefficient (Wildman–Crippen LogP) is 4.25. The molecule has 0 heterocycles. The molecule has 0 radical (unpaired) electrons. The van der Waals surface area contributed by atoms with Gasteiger partial charge in [-0.1, -0.05) is 60.7 Å². The molecule has 0 aliphatic heterocycles. The van der Waals surface area contributed by atoms with E-state index in [2.05, 4.69) is 5.18 Å². The van der Waals surface area contributed by atoms with E-state index in [0.29, 0.717) is 5.69 Å². The predicted molar refractivity (Wildman–Crippen MR) is 67.3 cm³/mol. The zero-order chi connectivity index (χ0) is 11.2. The van der Waals surface area contributed by atoms with Crippen LogP contribution >= 0.6 is 0 Å². The van der Waals surface area contributed by atoms with Gasteiger partial charge in [-0.2, -0.15) is 0 Å². The lowest BCUT2D eigenvalue weighted by Crippen LogP contribution is -1.73. The molecule has 0 N–H and O–H groups in total. The maximum Gasteiger partial charge on any atom is 0.115 e. The van der Waals surface area contributed by atoms with Crippen LogP contribution in [0.4, 0.5) is 5.69 Å². The summed E-state index contributed by atoms with van der Waals surface area (Å²) in [5, 5.41) is 2.98. The smallest absolute Gasteiger partial charge is 0.115 e. The van der Waals surface area contributed by atoms with Crippen LogP contribution in [0.1, 0.15) is 11.1 Å². The Morgan fingerprint density at radius 1 is 0.812 bits per heavy atom. The third kappa shape index (κ3) is 2.42. The minimum absolute atomic E-state index is 0.467. The lowest BCUT2D eigenvalue weighted by molar-refractivity contribution is 1.48. The van der Waals surface area contributed by atoms with Gasteiger partial charge in [0.25, 0.3) is 0 Å². The molecule has 0 saturated heterocycles. The minimum atomic E-state index is 0.467. The van der Waals surface area contributed by atoms with Crippen molar-refractivity contribution in [1.82, 2.24) is 0 Å². The Balaban J connectivity index is 2.27. The quantitative estimate of drug-likeness (QED) is 0.548. The average molecular weight is 209 g/mol. The summed E-state index contributed by atoms with van der Waals surface area (Å²) in [6.07, 6.45) is 3.86. The van der Waals surface area contributed by atoms with Crippen molar-refractivity contribution in [1.29, 1.82) is 0 Å². The number of benzene rings is 2. The van der Waals surface area contributed by atoms with Crippen LogP contribution < -0.4 is 0 Å². The van der Waals surface area contributed by atoms with Gasteiger partial charge in [-0.05, 0) is 16.8 Å². The highest BCUT2D eigenvalue weighted by Gasteiger charge is 1.96. The van der Waals surface area contributed by atoms with Crippen molar-refractivity contribution in [3.8, 4) is 0 Å². The highest BCUT2D eigenvalue weighted by Crippen LogP contribution is 2.20. The van der Waals surface area contributed by atoms with Gasteiger partial charge in [-0.25, -0.2) is 0 Å². The van der Waals surface area contributed by atoms with Gasteiger partial charge < -0.3 is 0 Å². The molecule has 0 saturated carbocycles. The second-order valence-electron chi connectivity index (χ2n) is 3.39. The lowest BCUT2D eigenvalue weighted by atomic mass is 10.1. The van der Waals surface area contributed by atoms with Crippen LogP contribution in [-0.4, -0.2) is 0 Å². The molecule has 2 aromatic carbocycles. The van der Waals surface area contributed by atoms with Gasteiger partial charge in [0.2, 0.25) is 0 Å². The van der Waals surface area contributed by atoms with Crippen molar-refractivity contribution in [2.75, 3.05) is 0 Å². The highest BCUT2D eigenvalue weighted by atomic mass is 16.3. The van der Waals surface area contributed by atoms with Crippen molar-refractivity contribution >= 4 is 17.8 Å². The molecule has 0 aliphatic carbocycles. The number of hydrogen-bond acceptors (Lipinski definition) is 2. The number of rotatable bonds is 3. The Labute approximate surface area is 94.2 Å². The molecule has 0 aliphatic rings. The van der Waals surface area contributed by atoms with Crippen molar-refractivity contribution in [2.45, 2.75) is 0 Å². The van der Waals surface area contributed by atoms with E-state index < -0.39 is 0 Å². The first-order chi connectivity index (χ1) is 7.90. The zero-order valence-electron chi connectivity index (χ0n) is 8.71. The first-order valence-electron chi connectivity index (χ1n) is 5.05. The third-order valence-electron chi connectivity index (χ3n) is 2.29. The van der Waals surface area contributed by atoms with Gasteiger partial charge in [-0.3, -0.25) is 0 Å². The van der Waals surface area contributed by atoms with Gasteiger partial charge in [0.1, 0.15) is 5.69 Å². The van der Waals surface area contributed by atoms with Gasteiger partial charge >= 0.3 is 0 Å². The SMILES string of the molecule is O=Nc1ccccc1/C=C/c1ccccc1. The van der Waals surface area contributed by atoms with Crippen molar-refractivity contribution < 1.29 is 0 Å². The van der Waals surface area contributed by atoms with Crippen LogP contribution in [0.2, 0.25) is 0 Å². The first kappa shape index (κ1) is 10.3. The molecule has 78 valence electrons. The summed E-state index contributed by atoms with van der Waals surface area (Å²) in [5.74, 6) is 0. The van der Waals surface area contributed by atoms with Crippen molar-refractivity contribution in [2.24, 2.45) is 5.18 Å². The van der Waals surface area contributed by atoms with Crippen molar-refractivity contribution in [3.63, 3.8) is 0 Å². The summed E-state index contributed by atoms with van der Waals surface area (Å²) < 4.78 is 0. The average Bonchev–Trinajstić information content (AvgIpc) is 2.38. The Kier molecular flexibility index (Phi) is 3.24. The Morgan fingerprint density at radius 2 is 1.50 bits per heavy atom. The zero-order valence-corrected chi connectivity index (χ0v) is 8.71. The Hall–Kier alpha value is -2.22. The molecule has 0 spiro atoms. The molecule has 0 atom stereocenters. The van der Waals surface area contributed by atoms with E-state index >= 15 is 0 Å². The van der Waals surface area contributed by atoms with Crippen LogP contribution in [0.3, 0.4) is 0 Å². The van der Waals surface area contributed by atoms with Crippen LogP contribution in [0.15, 0.2) is 59.8 Å². The van der Waals surface area contributed by atoms with E-state index in [4.69, 9.17) is 0 Å². The van der Waals surface area contributed by atoms with Gasteiger partial charge in [0, 0.05) is 5.56 Å². The number of nitroso groups, excluding NO2 is 1. The number of hydrogen-bond donors (Lipinski definition) is 0. The van der Waals surface area contributed by atoms with Crippen LogP contribution in [0.5, 0.6) is 0 Å². The fourth-order valence-corrected chi connectivity index (χ4v) is 1.46. The summed E-state index contributed by atoms with van der Waals surface area (Å²) in [4.78, 5) is 10.6. The number of nitrogens with zero attached hydrogens (tertiary/aromatic N) is 1. The molecule has 16 heavy (non-hydrogen) atoms. The molecule has 2 rings (SSSR count). The summed E-state index contributed by atoms with van der Waals surface area (Å²) in [6.45, 7) is 0. The van der Waals surface area contributed by atoms with E-state index in [9.17, 15) is 4.91 Å². The molecule has 0 amide bonds. The van der Waals surface area contributed by atoms with Crippen LogP contribution in [-0.2, 0) is 0 Å². The molecular weight excluding hydrogens is 198 g/mol. The second kappa shape index (κ2) is 5.03. The summed E-state index contributed by atoms with van der Waals surface area (Å²) in [5.41, 5.74) is 2.40. The molecule has 0 bridgehead atoms. The Bertz CT molecular complexity index is 503. The fourth-order valence-electron chi connectivity index (χ4n) is 1.46. The maximum atomic E-state index is 10.6. The second-order valence-corrected chi connectivity index (χ2v) is 3.39. The normalized spacial score (nSPS) is 10.5. The van der Waals surface area contributed by atoms with E-state index in [1.54, 1.807) is 12.1 Å². The van der Waals surface area contributed by atoms with Gasteiger partial charge in [0.05, 0.1) is 0 Å². The fraction of sp³-hybridized carbons (Fsp3) is 0. The van der Waals surface area contributed by atoms with E-state index in [0.717, 1.165) is 11.1 Å². The molecule has 2 heteroatoms. The lowest BCUT2D eigenvalue weighted by Gasteiger charge is -1.96. The molecule has 0 fully saturated rings.